The maximum absolute atomic E-state index is 4.02. The zero-order chi connectivity index (χ0) is 10.4. The Hall–Kier alpha value is -0.480. The second-order valence-electron chi connectivity index (χ2n) is 5.15. The van der Waals surface area contributed by atoms with E-state index in [-0.39, 0.29) is 0 Å². The molecule has 78 valence electrons. The SMILES string of the molecule is CC1(C)C(NCc2csnn2)C1(C)C. The maximum atomic E-state index is 4.02. The van der Waals surface area contributed by atoms with E-state index in [9.17, 15) is 0 Å². The molecule has 0 radical (unpaired) electrons. The molecule has 1 aromatic heterocycles. The Labute approximate surface area is 89.1 Å². The van der Waals surface area contributed by atoms with Crippen LogP contribution in [0.3, 0.4) is 0 Å². The highest BCUT2D eigenvalue weighted by Crippen LogP contribution is 2.62. The van der Waals surface area contributed by atoms with E-state index in [1.54, 1.807) is 0 Å². The van der Waals surface area contributed by atoms with Gasteiger partial charge < -0.3 is 5.32 Å². The van der Waals surface area contributed by atoms with Gasteiger partial charge in [-0.1, -0.05) is 32.2 Å². The first-order valence-electron chi connectivity index (χ1n) is 4.95. The van der Waals surface area contributed by atoms with Crippen molar-refractivity contribution in [3.8, 4) is 0 Å². The maximum Gasteiger partial charge on any atom is 0.0893 e. The summed E-state index contributed by atoms with van der Waals surface area (Å²) in [7, 11) is 0. The first-order valence-corrected chi connectivity index (χ1v) is 5.79. The van der Waals surface area contributed by atoms with Crippen LogP contribution in [0.1, 0.15) is 33.4 Å². The third kappa shape index (κ3) is 1.37. The lowest BCUT2D eigenvalue weighted by molar-refractivity contribution is 0.457. The third-order valence-corrected chi connectivity index (χ3v) is 4.47. The molecule has 1 fully saturated rings. The van der Waals surface area contributed by atoms with Crippen LogP contribution < -0.4 is 5.32 Å². The van der Waals surface area contributed by atoms with Gasteiger partial charge in [0.25, 0.3) is 0 Å². The van der Waals surface area contributed by atoms with Crippen LogP contribution in [0.25, 0.3) is 0 Å². The first-order chi connectivity index (χ1) is 6.46. The summed E-state index contributed by atoms with van der Waals surface area (Å²) in [6, 6.07) is 0.594. The Balaban J connectivity index is 1.90. The van der Waals surface area contributed by atoms with Crippen LogP contribution in [0.4, 0.5) is 0 Å². The topological polar surface area (TPSA) is 37.8 Å². The van der Waals surface area contributed by atoms with E-state index in [2.05, 4.69) is 42.6 Å². The molecule has 0 aliphatic heterocycles. The Morgan fingerprint density at radius 1 is 1.36 bits per heavy atom. The second kappa shape index (κ2) is 3.00. The fourth-order valence-electron chi connectivity index (χ4n) is 2.17. The molecule has 1 aliphatic carbocycles. The highest BCUT2D eigenvalue weighted by atomic mass is 32.1. The summed E-state index contributed by atoms with van der Waals surface area (Å²) in [5, 5.41) is 9.56. The molecular formula is C10H17N3S. The monoisotopic (exact) mass is 211 g/mol. The molecule has 0 saturated heterocycles. The van der Waals surface area contributed by atoms with Gasteiger partial charge in [0.15, 0.2) is 0 Å². The van der Waals surface area contributed by atoms with Gasteiger partial charge in [0, 0.05) is 18.0 Å². The van der Waals surface area contributed by atoms with E-state index in [1.165, 1.54) is 11.5 Å². The van der Waals surface area contributed by atoms with Gasteiger partial charge in [-0.25, -0.2) is 0 Å². The summed E-state index contributed by atoms with van der Waals surface area (Å²) in [6.45, 7) is 10.1. The molecule has 0 spiro atoms. The number of hydrogen-bond donors (Lipinski definition) is 1. The molecule has 3 nitrogen and oxygen atoms in total. The Morgan fingerprint density at radius 2 is 2.00 bits per heavy atom. The van der Waals surface area contributed by atoms with E-state index < -0.39 is 0 Å². The Kier molecular flexibility index (Phi) is 2.16. The lowest BCUT2D eigenvalue weighted by Crippen LogP contribution is -2.21. The van der Waals surface area contributed by atoms with Gasteiger partial charge >= 0.3 is 0 Å². The minimum atomic E-state index is 0.399. The smallest absolute Gasteiger partial charge is 0.0893 e. The average Bonchev–Trinajstić information content (AvgIpc) is 2.54. The average molecular weight is 211 g/mol. The van der Waals surface area contributed by atoms with Crippen LogP contribution in [0.15, 0.2) is 5.38 Å². The van der Waals surface area contributed by atoms with Crippen molar-refractivity contribution in [2.45, 2.75) is 40.3 Å². The van der Waals surface area contributed by atoms with Crippen molar-refractivity contribution in [3.05, 3.63) is 11.1 Å². The highest BCUT2D eigenvalue weighted by molar-refractivity contribution is 7.03. The quantitative estimate of drug-likeness (QED) is 0.831. The van der Waals surface area contributed by atoms with E-state index in [4.69, 9.17) is 0 Å². The summed E-state index contributed by atoms with van der Waals surface area (Å²) in [6.07, 6.45) is 0. The van der Waals surface area contributed by atoms with Gasteiger partial charge in [-0.3, -0.25) is 0 Å². The van der Waals surface area contributed by atoms with Crippen LogP contribution in [0, 0.1) is 10.8 Å². The zero-order valence-electron chi connectivity index (χ0n) is 9.16. The lowest BCUT2D eigenvalue weighted by Gasteiger charge is -2.03. The fourth-order valence-corrected chi connectivity index (χ4v) is 2.63. The summed E-state index contributed by atoms with van der Waals surface area (Å²) in [4.78, 5) is 0. The second-order valence-corrected chi connectivity index (χ2v) is 5.76. The summed E-state index contributed by atoms with van der Waals surface area (Å²) < 4.78 is 3.84. The standard InChI is InChI=1S/C10H17N3S/c1-9(2)8(10(9,3)4)11-5-7-6-14-13-12-7/h6,8,11H,5H2,1-4H3. The minimum Gasteiger partial charge on any atom is -0.307 e. The van der Waals surface area contributed by atoms with Gasteiger partial charge in [0.2, 0.25) is 0 Å². The van der Waals surface area contributed by atoms with Crippen molar-refractivity contribution in [1.29, 1.82) is 0 Å². The highest BCUT2D eigenvalue weighted by Gasteiger charge is 2.64. The summed E-state index contributed by atoms with van der Waals surface area (Å²) in [5.41, 5.74) is 1.85. The molecule has 1 saturated carbocycles. The number of nitrogens with zero attached hydrogens (tertiary/aromatic N) is 2. The molecule has 0 bridgehead atoms. The van der Waals surface area contributed by atoms with Crippen molar-refractivity contribution >= 4 is 11.5 Å². The largest absolute Gasteiger partial charge is 0.307 e. The Morgan fingerprint density at radius 3 is 2.43 bits per heavy atom. The molecule has 1 aliphatic rings. The minimum absolute atomic E-state index is 0.399. The van der Waals surface area contributed by atoms with Crippen molar-refractivity contribution in [1.82, 2.24) is 14.9 Å². The predicted molar refractivity (Wildman–Crippen MR) is 58.1 cm³/mol. The van der Waals surface area contributed by atoms with Crippen molar-refractivity contribution in [2.75, 3.05) is 0 Å². The molecular weight excluding hydrogens is 194 g/mol. The molecule has 0 atom stereocenters. The van der Waals surface area contributed by atoms with E-state index in [0.29, 0.717) is 16.9 Å². The van der Waals surface area contributed by atoms with E-state index in [0.717, 1.165) is 12.2 Å². The lowest BCUT2D eigenvalue weighted by atomic mass is 10.0. The molecule has 1 heterocycles. The molecule has 1 aromatic rings. The zero-order valence-corrected chi connectivity index (χ0v) is 9.98. The van der Waals surface area contributed by atoms with Gasteiger partial charge in [-0.2, -0.15) is 0 Å². The van der Waals surface area contributed by atoms with E-state index in [1.807, 2.05) is 5.38 Å². The predicted octanol–water partition coefficient (Wildman–Crippen LogP) is 2.06. The molecule has 1 N–H and O–H groups in total. The van der Waals surface area contributed by atoms with Gasteiger partial charge in [-0.05, 0) is 22.4 Å². The van der Waals surface area contributed by atoms with E-state index >= 15 is 0 Å². The third-order valence-electron chi connectivity index (χ3n) is 3.91. The van der Waals surface area contributed by atoms with Crippen molar-refractivity contribution < 1.29 is 0 Å². The normalized spacial score (nSPS) is 23.7. The van der Waals surface area contributed by atoms with Crippen LogP contribution >= 0.6 is 11.5 Å². The number of rotatable bonds is 3. The summed E-state index contributed by atoms with van der Waals surface area (Å²) in [5.74, 6) is 0. The van der Waals surface area contributed by atoms with Crippen LogP contribution in [-0.4, -0.2) is 15.6 Å². The first kappa shape index (κ1) is 10.1. The van der Waals surface area contributed by atoms with Crippen LogP contribution in [0.5, 0.6) is 0 Å². The van der Waals surface area contributed by atoms with Crippen LogP contribution in [-0.2, 0) is 6.54 Å². The number of aromatic nitrogens is 2. The molecule has 2 rings (SSSR count). The molecule has 0 amide bonds. The van der Waals surface area contributed by atoms with Gasteiger partial charge in [0.05, 0.1) is 5.69 Å². The van der Waals surface area contributed by atoms with Crippen LogP contribution in [0.2, 0.25) is 0 Å². The fraction of sp³-hybridized carbons (Fsp3) is 0.800. The molecule has 0 aromatic carbocycles. The number of hydrogen-bond acceptors (Lipinski definition) is 4. The number of nitrogens with one attached hydrogen (secondary N) is 1. The van der Waals surface area contributed by atoms with Gasteiger partial charge in [-0.15, -0.1) is 5.10 Å². The van der Waals surface area contributed by atoms with Crippen molar-refractivity contribution in [2.24, 2.45) is 10.8 Å². The Bertz CT molecular complexity index is 302. The van der Waals surface area contributed by atoms with Crippen molar-refractivity contribution in [3.63, 3.8) is 0 Å². The molecule has 0 unspecified atom stereocenters. The molecule has 14 heavy (non-hydrogen) atoms. The van der Waals surface area contributed by atoms with Gasteiger partial charge in [0.1, 0.15) is 0 Å². The summed E-state index contributed by atoms with van der Waals surface area (Å²) >= 11 is 1.41. The molecule has 4 heteroatoms.